The number of carboxylic acids is 1. The molecule has 1 heterocycles. The average Bonchev–Trinajstić information content (AvgIpc) is 2.58. The molecule has 1 aromatic carbocycles. The number of aliphatic carboxylic acids is 1. The third-order valence-corrected chi connectivity index (χ3v) is 4.19. The molecule has 0 fully saturated rings. The van der Waals surface area contributed by atoms with Crippen LogP contribution in [0.4, 0.5) is 5.69 Å². The summed E-state index contributed by atoms with van der Waals surface area (Å²) in [5.41, 5.74) is 5.57. The first-order valence-corrected chi connectivity index (χ1v) is 8.50. The van der Waals surface area contributed by atoms with Crippen molar-refractivity contribution in [2.75, 3.05) is 0 Å². The number of hydrogen-bond donors (Lipinski definition) is 2. The molecule has 0 saturated carbocycles. The van der Waals surface area contributed by atoms with E-state index in [1.165, 1.54) is 12.1 Å². The summed E-state index contributed by atoms with van der Waals surface area (Å²) < 4.78 is 0. The highest BCUT2D eigenvalue weighted by Gasteiger charge is 2.34. The molecule has 2 N–H and O–H groups in total. The number of allylic oxidation sites excluding steroid dienone is 3. The van der Waals surface area contributed by atoms with Crippen LogP contribution in [0.15, 0.2) is 51.8 Å². The third kappa shape index (κ3) is 4.40. The first-order valence-electron chi connectivity index (χ1n) is 8.50. The Morgan fingerprint density at radius 1 is 1.37 bits per heavy atom. The maximum absolute atomic E-state index is 12.0. The van der Waals surface area contributed by atoms with Crippen LogP contribution in [0.1, 0.15) is 46.1 Å². The van der Waals surface area contributed by atoms with Gasteiger partial charge in [-0.15, -0.1) is 0 Å². The number of nitrogens with one attached hydrogen (secondary N) is 1. The minimum absolute atomic E-state index is 0.0850. The molecule has 27 heavy (non-hydrogen) atoms. The summed E-state index contributed by atoms with van der Waals surface area (Å²) in [6, 6.07) is 6.01. The van der Waals surface area contributed by atoms with E-state index in [2.05, 4.69) is 10.5 Å². The van der Waals surface area contributed by atoms with E-state index in [0.717, 1.165) is 0 Å². The third-order valence-electron chi connectivity index (χ3n) is 4.19. The van der Waals surface area contributed by atoms with Crippen LogP contribution in [0.5, 0.6) is 0 Å². The molecule has 0 aliphatic carbocycles. The highest BCUT2D eigenvalue weighted by molar-refractivity contribution is 6.06. The topological polar surface area (TPSA) is 114 Å². The van der Waals surface area contributed by atoms with Gasteiger partial charge < -0.3 is 5.11 Å². The van der Waals surface area contributed by atoms with E-state index in [0.29, 0.717) is 28.2 Å². The number of carboxylic acid groups (broad SMARTS) is 1. The van der Waals surface area contributed by atoms with Crippen molar-refractivity contribution in [1.29, 1.82) is 0 Å². The molecule has 1 unspecified atom stereocenters. The Morgan fingerprint density at radius 2 is 2.04 bits per heavy atom. The van der Waals surface area contributed by atoms with Crippen LogP contribution in [0.2, 0.25) is 0 Å². The van der Waals surface area contributed by atoms with E-state index in [4.69, 9.17) is 4.84 Å². The molecule has 0 aromatic heterocycles. The van der Waals surface area contributed by atoms with Gasteiger partial charge in [0.1, 0.15) is 0 Å². The van der Waals surface area contributed by atoms with Crippen LogP contribution >= 0.6 is 0 Å². The van der Waals surface area contributed by atoms with Gasteiger partial charge in [0.25, 0.3) is 5.69 Å². The van der Waals surface area contributed by atoms with Crippen molar-refractivity contribution in [2.24, 2.45) is 4.99 Å². The van der Waals surface area contributed by atoms with Gasteiger partial charge in [-0.1, -0.05) is 12.1 Å². The number of nitro benzene ring substituents is 1. The lowest BCUT2D eigenvalue weighted by atomic mass is 9.79. The molecule has 0 radical (unpaired) electrons. The minimum atomic E-state index is -1.12. The summed E-state index contributed by atoms with van der Waals surface area (Å²) in [7, 11) is 0. The normalized spacial score (nSPS) is 19.0. The predicted molar refractivity (Wildman–Crippen MR) is 101 cm³/mol. The Kier molecular flexibility index (Phi) is 6.12. The minimum Gasteiger partial charge on any atom is -0.478 e. The molecule has 1 aromatic rings. The van der Waals surface area contributed by atoms with Crippen LogP contribution in [-0.2, 0) is 9.63 Å². The average molecular weight is 373 g/mol. The molecule has 2 rings (SSSR count). The fraction of sp³-hybridized carbons (Fsp3) is 0.368. The van der Waals surface area contributed by atoms with Gasteiger partial charge in [-0.2, -0.15) is 0 Å². The summed E-state index contributed by atoms with van der Waals surface area (Å²) in [6.07, 6.45) is -0.0890. The Morgan fingerprint density at radius 3 is 2.59 bits per heavy atom. The summed E-state index contributed by atoms with van der Waals surface area (Å²) in [5.74, 6) is -1.82. The van der Waals surface area contributed by atoms with Gasteiger partial charge in [0.2, 0.25) is 0 Å². The number of aliphatic imine (C=N–C) groups is 1. The van der Waals surface area contributed by atoms with Crippen molar-refractivity contribution in [3.8, 4) is 0 Å². The van der Waals surface area contributed by atoms with Gasteiger partial charge in [-0.25, -0.2) is 4.79 Å². The first-order chi connectivity index (χ1) is 12.6. The highest BCUT2D eigenvalue weighted by atomic mass is 16.7. The van der Waals surface area contributed by atoms with Gasteiger partial charge in [-0.3, -0.25) is 25.4 Å². The number of hydroxylamine groups is 1. The molecule has 0 amide bonds. The maximum atomic E-state index is 12.0. The largest absolute Gasteiger partial charge is 0.478 e. The zero-order valence-corrected chi connectivity index (χ0v) is 15.9. The van der Waals surface area contributed by atoms with Crippen LogP contribution in [0.25, 0.3) is 0 Å². The Bertz CT molecular complexity index is 868. The smallest absolute Gasteiger partial charge is 0.334 e. The van der Waals surface area contributed by atoms with E-state index in [9.17, 15) is 20.0 Å². The van der Waals surface area contributed by atoms with Crippen molar-refractivity contribution < 1.29 is 19.7 Å². The molecular formula is C19H23N3O5. The van der Waals surface area contributed by atoms with Crippen LogP contribution in [0, 0.1) is 10.1 Å². The van der Waals surface area contributed by atoms with Crippen LogP contribution in [-0.4, -0.2) is 27.8 Å². The molecule has 1 aliphatic rings. The molecule has 144 valence electrons. The second-order valence-electron chi connectivity index (χ2n) is 6.59. The van der Waals surface area contributed by atoms with Crippen LogP contribution in [0.3, 0.4) is 0 Å². The number of carbonyl (C=O) groups is 1. The molecule has 0 spiro atoms. The van der Waals surface area contributed by atoms with Crippen molar-refractivity contribution in [1.82, 2.24) is 5.48 Å². The van der Waals surface area contributed by atoms with Crippen molar-refractivity contribution in [2.45, 2.75) is 46.6 Å². The number of rotatable bonds is 6. The molecule has 8 heteroatoms. The van der Waals surface area contributed by atoms with Crippen LogP contribution < -0.4 is 5.48 Å². The zero-order valence-electron chi connectivity index (χ0n) is 15.9. The van der Waals surface area contributed by atoms with E-state index >= 15 is 0 Å². The SMILES string of the molecule is CC1=NC(C)=C(C(=O)O)C(c2cccc([N+](=O)[O-])c2)C1=C(C)NOC(C)C. The second kappa shape index (κ2) is 8.13. The molecule has 8 nitrogen and oxygen atoms in total. The van der Waals surface area contributed by atoms with Gasteiger partial charge in [0.15, 0.2) is 0 Å². The van der Waals surface area contributed by atoms with E-state index in [1.54, 1.807) is 32.9 Å². The molecular weight excluding hydrogens is 350 g/mol. The lowest BCUT2D eigenvalue weighted by Gasteiger charge is -2.29. The monoisotopic (exact) mass is 373 g/mol. The van der Waals surface area contributed by atoms with E-state index < -0.39 is 16.8 Å². The lowest BCUT2D eigenvalue weighted by molar-refractivity contribution is -0.384. The molecule has 0 bridgehead atoms. The lowest BCUT2D eigenvalue weighted by Crippen LogP contribution is -2.27. The first kappa shape index (κ1) is 20.3. The maximum Gasteiger partial charge on any atom is 0.334 e. The van der Waals surface area contributed by atoms with E-state index in [-0.39, 0.29) is 17.4 Å². The zero-order chi connectivity index (χ0) is 20.3. The van der Waals surface area contributed by atoms with E-state index in [1.807, 2.05) is 13.8 Å². The summed E-state index contributed by atoms with van der Waals surface area (Å²) in [4.78, 5) is 32.5. The fourth-order valence-corrected chi connectivity index (χ4v) is 3.11. The van der Waals surface area contributed by atoms with Gasteiger partial charge in [0, 0.05) is 40.7 Å². The van der Waals surface area contributed by atoms with Gasteiger partial charge >= 0.3 is 5.97 Å². The number of nitrogens with zero attached hydrogens (tertiary/aromatic N) is 2. The summed E-state index contributed by atoms with van der Waals surface area (Å²) in [5, 5.41) is 21.0. The number of hydrogen-bond acceptors (Lipinski definition) is 6. The van der Waals surface area contributed by atoms with Gasteiger partial charge in [0.05, 0.1) is 16.6 Å². The number of nitro groups is 1. The summed E-state index contributed by atoms with van der Waals surface area (Å²) >= 11 is 0. The summed E-state index contributed by atoms with van der Waals surface area (Å²) in [6.45, 7) is 8.89. The molecule has 0 saturated heterocycles. The quantitative estimate of drug-likeness (QED) is 0.580. The van der Waals surface area contributed by atoms with Crippen molar-refractivity contribution >= 4 is 17.4 Å². The van der Waals surface area contributed by atoms with Gasteiger partial charge in [-0.05, 0) is 40.2 Å². The number of benzene rings is 1. The standard InChI is InChI=1S/C19H23N3O5/c1-10(2)27-21-13(5)16-11(3)20-12(4)17(19(23)24)18(16)14-7-6-8-15(9-14)22(25)26/h6-10,18,21H,1-5H3,(H,23,24). The van der Waals surface area contributed by atoms with Crippen molar-refractivity contribution in [3.05, 3.63) is 62.5 Å². The fourth-order valence-electron chi connectivity index (χ4n) is 3.11. The second-order valence-corrected chi connectivity index (χ2v) is 6.59. The predicted octanol–water partition coefficient (Wildman–Crippen LogP) is 3.72. The van der Waals surface area contributed by atoms with Crippen molar-refractivity contribution in [3.63, 3.8) is 0 Å². The highest BCUT2D eigenvalue weighted by Crippen LogP contribution is 2.40. The Balaban J connectivity index is 2.69. The number of non-ortho nitro benzene ring substituents is 1. The molecule has 1 atom stereocenters. The Labute approximate surface area is 157 Å². The molecule has 1 aliphatic heterocycles. The Hall–Kier alpha value is -3.00.